The zero-order valence-electron chi connectivity index (χ0n) is 21.1. The first-order chi connectivity index (χ1) is 19.8. The molecule has 0 unspecified atom stereocenters. The number of hydrogen-bond donors (Lipinski definition) is 0. The second-order valence-corrected chi connectivity index (χ2v) is 11.2. The Morgan fingerprint density at radius 3 is 1.34 bits per heavy atom. The highest BCUT2D eigenvalue weighted by Crippen LogP contribution is 2.48. The van der Waals surface area contributed by atoms with Crippen LogP contribution in [0.5, 0.6) is 0 Å². The number of halogens is 2. The fourth-order valence-corrected chi connectivity index (χ4v) is 6.68. The maximum atomic E-state index is 11.4. The van der Waals surface area contributed by atoms with Gasteiger partial charge in [-0.3, -0.25) is 20.2 Å². The predicted octanol–water partition coefficient (Wildman–Crippen LogP) is 10.6. The molecular weight excluding hydrogens is 579 g/mol. The van der Waals surface area contributed by atoms with Crippen molar-refractivity contribution in [3.8, 4) is 22.3 Å². The molecule has 6 nitrogen and oxygen atoms in total. The highest BCUT2D eigenvalue weighted by Gasteiger charge is 2.21. The van der Waals surface area contributed by atoms with Gasteiger partial charge in [0.05, 0.1) is 19.9 Å². The Labute approximate surface area is 248 Å². The van der Waals surface area contributed by atoms with Crippen LogP contribution in [-0.4, -0.2) is 9.85 Å². The van der Waals surface area contributed by atoms with E-state index in [2.05, 4.69) is 0 Å². The topological polar surface area (TPSA) is 86.3 Å². The summed E-state index contributed by atoms with van der Waals surface area (Å²) < 4.78 is 0. The molecule has 0 aliphatic heterocycles. The van der Waals surface area contributed by atoms with Crippen LogP contribution in [0.1, 0.15) is 0 Å². The first-order valence-corrected chi connectivity index (χ1v) is 14.0. The van der Waals surface area contributed by atoms with Crippen molar-refractivity contribution in [2.45, 2.75) is 9.79 Å². The molecule has 0 aliphatic carbocycles. The fraction of sp³-hybridized carbons (Fsp3) is 0. The van der Waals surface area contributed by atoms with Gasteiger partial charge >= 0.3 is 0 Å². The summed E-state index contributed by atoms with van der Waals surface area (Å²) in [6, 6.07) is 32.9. The van der Waals surface area contributed by atoms with Gasteiger partial charge in [-0.1, -0.05) is 95.6 Å². The van der Waals surface area contributed by atoms with E-state index in [1.807, 2.05) is 72.8 Å². The van der Waals surface area contributed by atoms with Crippen molar-refractivity contribution < 1.29 is 9.85 Å². The Morgan fingerprint density at radius 1 is 0.537 bits per heavy atom. The van der Waals surface area contributed by atoms with E-state index in [1.165, 1.54) is 36.0 Å². The first-order valence-electron chi connectivity index (χ1n) is 12.4. The average molecular weight is 597 g/mol. The molecule has 0 N–H and O–H groups in total. The number of rotatable bonds is 6. The van der Waals surface area contributed by atoms with Crippen LogP contribution in [-0.2, 0) is 0 Å². The minimum Gasteiger partial charge on any atom is -0.258 e. The number of fused-ring (bicyclic) bond motifs is 2. The molecule has 0 aliphatic rings. The number of hydrogen-bond acceptors (Lipinski definition) is 5. The first kappa shape index (κ1) is 26.8. The minimum atomic E-state index is -0.469. The maximum absolute atomic E-state index is 11.4. The average Bonchev–Trinajstić information content (AvgIpc) is 2.97. The summed E-state index contributed by atoms with van der Waals surface area (Å²) in [5.74, 6) is 0. The van der Waals surface area contributed by atoms with Gasteiger partial charge in [0.25, 0.3) is 11.4 Å². The lowest BCUT2D eigenvalue weighted by Gasteiger charge is -2.18. The van der Waals surface area contributed by atoms with E-state index >= 15 is 0 Å². The molecule has 0 amide bonds. The summed E-state index contributed by atoms with van der Waals surface area (Å²) in [6.07, 6.45) is 0. The molecule has 0 radical (unpaired) electrons. The van der Waals surface area contributed by atoms with E-state index in [-0.39, 0.29) is 21.4 Å². The number of benzene rings is 6. The number of non-ortho nitro benzene ring substituents is 2. The number of nitro benzene ring substituents is 2. The van der Waals surface area contributed by atoms with Crippen LogP contribution in [0.4, 0.5) is 11.4 Å². The molecule has 200 valence electrons. The van der Waals surface area contributed by atoms with Gasteiger partial charge in [-0.05, 0) is 45.8 Å². The summed E-state index contributed by atoms with van der Waals surface area (Å²) in [6.45, 7) is 0. The third-order valence-electron chi connectivity index (χ3n) is 6.87. The summed E-state index contributed by atoms with van der Waals surface area (Å²) >= 11 is 14.8. The molecule has 6 aromatic carbocycles. The standard InChI is InChI=1S/C32H18Cl2N2O4S/c33-27-17-21(35(37)38)11-13-25(27)31-23-7-3-1-5-19(23)9-15-29(31)41-30-16-10-20-6-2-4-8-24(20)32(30)26-14-12-22(36(39)40)18-28(26)34/h1-18H. The molecular formula is C32H18Cl2N2O4S. The van der Waals surface area contributed by atoms with Crippen LogP contribution in [0.3, 0.4) is 0 Å². The van der Waals surface area contributed by atoms with E-state index in [1.54, 1.807) is 12.1 Å². The van der Waals surface area contributed by atoms with Crippen molar-refractivity contribution in [2.75, 3.05) is 0 Å². The lowest BCUT2D eigenvalue weighted by atomic mass is 9.97. The molecule has 0 saturated carbocycles. The Kier molecular flexibility index (Phi) is 7.09. The molecule has 0 bridgehead atoms. The zero-order chi connectivity index (χ0) is 28.7. The number of nitrogens with zero attached hydrogens (tertiary/aromatic N) is 2. The second-order valence-electron chi connectivity index (χ2n) is 9.26. The summed E-state index contributed by atoms with van der Waals surface area (Å²) in [7, 11) is 0. The normalized spacial score (nSPS) is 11.2. The van der Waals surface area contributed by atoms with Crippen LogP contribution in [0.25, 0.3) is 43.8 Å². The van der Waals surface area contributed by atoms with E-state index < -0.39 is 9.85 Å². The highest BCUT2D eigenvalue weighted by molar-refractivity contribution is 7.99. The van der Waals surface area contributed by atoms with Crippen LogP contribution < -0.4 is 0 Å². The Bertz CT molecular complexity index is 1890. The predicted molar refractivity (Wildman–Crippen MR) is 166 cm³/mol. The van der Waals surface area contributed by atoms with Crippen molar-refractivity contribution in [1.29, 1.82) is 0 Å². The van der Waals surface area contributed by atoms with Crippen molar-refractivity contribution >= 4 is 67.9 Å². The zero-order valence-corrected chi connectivity index (χ0v) is 23.4. The molecule has 0 heterocycles. The van der Waals surface area contributed by atoms with Crippen LogP contribution >= 0.6 is 35.0 Å². The van der Waals surface area contributed by atoms with E-state index in [0.717, 1.165) is 42.5 Å². The monoisotopic (exact) mass is 596 g/mol. The highest BCUT2D eigenvalue weighted by atomic mass is 35.5. The Balaban J connectivity index is 1.59. The van der Waals surface area contributed by atoms with Gasteiger partial charge in [-0.15, -0.1) is 0 Å². The van der Waals surface area contributed by atoms with E-state index in [9.17, 15) is 20.2 Å². The third-order valence-corrected chi connectivity index (χ3v) is 8.61. The third kappa shape index (κ3) is 5.00. The molecule has 0 saturated heterocycles. The van der Waals surface area contributed by atoms with Crippen molar-refractivity contribution in [1.82, 2.24) is 0 Å². The smallest absolute Gasteiger partial charge is 0.258 e. The van der Waals surface area contributed by atoms with Crippen LogP contribution in [0, 0.1) is 20.2 Å². The summed E-state index contributed by atoms with van der Waals surface area (Å²) in [4.78, 5) is 23.6. The molecule has 6 rings (SSSR count). The molecule has 6 aromatic rings. The molecule has 0 atom stereocenters. The van der Waals surface area contributed by atoms with Crippen molar-refractivity contribution in [3.05, 3.63) is 139 Å². The van der Waals surface area contributed by atoms with Crippen molar-refractivity contribution in [2.24, 2.45) is 0 Å². The number of nitro groups is 2. The van der Waals surface area contributed by atoms with Gasteiger partial charge in [-0.25, -0.2) is 0 Å². The van der Waals surface area contributed by atoms with Crippen LogP contribution in [0.15, 0.2) is 119 Å². The van der Waals surface area contributed by atoms with Gasteiger partial charge in [-0.2, -0.15) is 0 Å². The summed E-state index contributed by atoms with van der Waals surface area (Å²) in [5, 5.41) is 27.2. The minimum absolute atomic E-state index is 0.0854. The lowest BCUT2D eigenvalue weighted by molar-refractivity contribution is -0.385. The van der Waals surface area contributed by atoms with Crippen LogP contribution in [0.2, 0.25) is 10.0 Å². The largest absolute Gasteiger partial charge is 0.270 e. The molecule has 41 heavy (non-hydrogen) atoms. The Hall–Kier alpha value is -4.43. The quantitative estimate of drug-likeness (QED) is 0.141. The van der Waals surface area contributed by atoms with E-state index in [0.29, 0.717) is 11.1 Å². The second kappa shape index (κ2) is 10.9. The molecule has 0 aromatic heterocycles. The van der Waals surface area contributed by atoms with E-state index in [4.69, 9.17) is 23.2 Å². The SMILES string of the molecule is O=[N+]([O-])c1ccc(-c2c(Sc3ccc4ccccc4c3-c3ccc([N+](=O)[O-])cc3Cl)ccc3ccccc23)c(Cl)c1. The van der Waals surface area contributed by atoms with Gasteiger partial charge in [0.1, 0.15) is 0 Å². The molecule has 0 fully saturated rings. The fourth-order valence-electron chi connectivity index (χ4n) is 4.99. The summed E-state index contributed by atoms with van der Waals surface area (Å²) in [5.41, 5.74) is 2.87. The van der Waals surface area contributed by atoms with Gasteiger partial charge in [0.2, 0.25) is 0 Å². The Morgan fingerprint density at radius 2 is 0.951 bits per heavy atom. The lowest BCUT2D eigenvalue weighted by Crippen LogP contribution is -1.93. The maximum Gasteiger partial charge on any atom is 0.270 e. The van der Waals surface area contributed by atoms with Gasteiger partial charge < -0.3 is 0 Å². The molecule has 0 spiro atoms. The molecule has 9 heteroatoms. The van der Waals surface area contributed by atoms with Crippen molar-refractivity contribution in [3.63, 3.8) is 0 Å². The van der Waals surface area contributed by atoms with Gasteiger partial charge in [0, 0.05) is 56.3 Å². The van der Waals surface area contributed by atoms with Gasteiger partial charge in [0.15, 0.2) is 0 Å².